The quantitative estimate of drug-likeness (QED) is 0.453. The van der Waals surface area contributed by atoms with Crippen molar-refractivity contribution in [2.45, 2.75) is 6.54 Å². The highest BCUT2D eigenvalue weighted by Gasteiger charge is 2.21. The van der Waals surface area contributed by atoms with Crippen LogP contribution in [0.2, 0.25) is 5.02 Å². The van der Waals surface area contributed by atoms with Crippen molar-refractivity contribution in [3.8, 4) is 5.75 Å². The molecule has 8 heteroatoms. The number of halogens is 3. The highest BCUT2D eigenvalue weighted by atomic mass is 35.5. The van der Waals surface area contributed by atoms with E-state index in [1.54, 1.807) is 11.0 Å². The molecule has 0 unspecified atom stereocenters. The molecule has 1 aromatic heterocycles. The van der Waals surface area contributed by atoms with Gasteiger partial charge in [-0.3, -0.25) is 0 Å². The predicted molar refractivity (Wildman–Crippen MR) is 80.2 cm³/mol. The summed E-state index contributed by atoms with van der Waals surface area (Å²) in [6.45, 7) is 5.21. The number of hydrogen-bond acceptors (Lipinski definition) is 3. The van der Waals surface area contributed by atoms with E-state index in [4.69, 9.17) is 16.0 Å². The molecule has 0 bridgehead atoms. The van der Waals surface area contributed by atoms with Crippen molar-refractivity contribution in [3.63, 3.8) is 0 Å². The van der Waals surface area contributed by atoms with Crippen LogP contribution in [-0.4, -0.2) is 38.3 Å². The van der Waals surface area contributed by atoms with E-state index in [1.807, 2.05) is 0 Å². The Hall–Kier alpha value is -0.980. The van der Waals surface area contributed by atoms with E-state index in [0.29, 0.717) is 5.58 Å². The lowest BCUT2D eigenvalue weighted by molar-refractivity contribution is -1.01. The van der Waals surface area contributed by atoms with Gasteiger partial charge in [-0.2, -0.15) is 0 Å². The first-order valence-corrected chi connectivity index (χ1v) is 7.51. The highest BCUT2D eigenvalue weighted by Crippen LogP contribution is 2.29. The molecule has 0 spiro atoms. The van der Waals surface area contributed by atoms with Crippen molar-refractivity contribution >= 4 is 22.6 Å². The van der Waals surface area contributed by atoms with Gasteiger partial charge in [0.2, 0.25) is 0 Å². The summed E-state index contributed by atoms with van der Waals surface area (Å²) in [5, 5.41) is 10.7. The zero-order valence-corrected chi connectivity index (χ0v) is 14.9. The minimum Gasteiger partial charge on any atom is -1.00 e. The molecule has 0 saturated carbocycles. The van der Waals surface area contributed by atoms with Gasteiger partial charge in [0.25, 0.3) is 0 Å². The molecule has 1 aliphatic heterocycles. The molecule has 3 N–H and O–H groups in total. The van der Waals surface area contributed by atoms with Gasteiger partial charge in [0.1, 0.15) is 44.1 Å². The Labute approximate surface area is 151 Å². The molecule has 23 heavy (non-hydrogen) atoms. The highest BCUT2D eigenvalue weighted by molar-refractivity contribution is 6.32. The monoisotopic (exact) mass is 380 g/mol. The van der Waals surface area contributed by atoms with E-state index in [-0.39, 0.29) is 35.6 Å². The maximum absolute atomic E-state index is 11.7. The van der Waals surface area contributed by atoms with Crippen LogP contribution in [0.4, 0.5) is 0 Å². The van der Waals surface area contributed by atoms with Crippen molar-refractivity contribution in [1.82, 2.24) is 0 Å². The second-order valence-corrected chi connectivity index (χ2v) is 6.18. The van der Waals surface area contributed by atoms with Gasteiger partial charge in [-0.05, 0) is 6.07 Å². The van der Waals surface area contributed by atoms with E-state index >= 15 is 0 Å². The largest absolute Gasteiger partial charge is 1.00 e. The summed E-state index contributed by atoms with van der Waals surface area (Å²) in [4.78, 5) is 14.7. The summed E-state index contributed by atoms with van der Waals surface area (Å²) in [6.07, 6.45) is 0. The standard InChI is InChI=1S/C15H17ClN2O3.2ClH/c1-17-2-4-18(5-3-17)9-10-6-15(20)21-14-8-13(19)12(16)7-11(10)14;;/h6-8,19H,2-5,9H2,1H3;2*1H. The SMILES string of the molecule is C[NH+]1CC[NH+](Cc2cc(=O)oc3cc(O)c(Cl)cc23)CC1.[Cl-].[Cl-]. The number of likely N-dealkylation sites (N-methyl/N-ethyl adjacent to an activating group) is 1. The van der Waals surface area contributed by atoms with Crippen molar-refractivity contribution in [3.05, 3.63) is 39.2 Å². The Bertz CT molecular complexity index is 728. The Morgan fingerprint density at radius 3 is 2.48 bits per heavy atom. The van der Waals surface area contributed by atoms with Crippen molar-refractivity contribution in [1.29, 1.82) is 0 Å². The molecule has 0 amide bonds. The van der Waals surface area contributed by atoms with Crippen molar-refractivity contribution < 1.29 is 44.1 Å². The lowest BCUT2D eigenvalue weighted by Crippen LogP contribution is -3.26. The number of fused-ring (bicyclic) bond motifs is 1. The number of piperazine rings is 1. The number of benzene rings is 1. The molecule has 1 fully saturated rings. The Morgan fingerprint density at radius 1 is 1.17 bits per heavy atom. The Balaban J connectivity index is 0.00000132. The minimum absolute atomic E-state index is 0. The minimum atomic E-state index is -0.390. The molecule has 128 valence electrons. The van der Waals surface area contributed by atoms with E-state index < -0.39 is 5.63 Å². The van der Waals surface area contributed by atoms with Gasteiger partial charge in [-0.15, -0.1) is 0 Å². The van der Waals surface area contributed by atoms with E-state index in [9.17, 15) is 9.90 Å². The van der Waals surface area contributed by atoms with E-state index in [0.717, 1.165) is 43.7 Å². The smallest absolute Gasteiger partial charge is 0.336 e. The van der Waals surface area contributed by atoms with Gasteiger partial charge in [-0.1, -0.05) is 11.6 Å². The molecule has 0 radical (unpaired) electrons. The molecule has 0 atom stereocenters. The second kappa shape index (κ2) is 8.22. The molecule has 1 aliphatic rings. The molecule has 0 aliphatic carbocycles. The Morgan fingerprint density at radius 2 is 1.83 bits per heavy atom. The van der Waals surface area contributed by atoms with Crippen LogP contribution in [0, 0.1) is 0 Å². The van der Waals surface area contributed by atoms with Gasteiger partial charge in [-0.25, -0.2) is 4.79 Å². The number of phenolic OH excluding ortho intramolecular Hbond substituents is 1. The van der Waals surface area contributed by atoms with Crippen LogP contribution >= 0.6 is 11.6 Å². The summed E-state index contributed by atoms with van der Waals surface area (Å²) in [5.74, 6) is -0.0694. The maximum atomic E-state index is 11.7. The van der Waals surface area contributed by atoms with Crippen LogP contribution in [-0.2, 0) is 6.54 Å². The van der Waals surface area contributed by atoms with Crippen LogP contribution in [0.3, 0.4) is 0 Å². The van der Waals surface area contributed by atoms with Gasteiger partial charge in [0, 0.05) is 23.1 Å². The van der Waals surface area contributed by atoms with Crippen LogP contribution < -0.4 is 40.2 Å². The Kier molecular flexibility index (Phi) is 7.17. The first-order valence-electron chi connectivity index (χ1n) is 7.13. The molecule has 2 aromatic rings. The zero-order chi connectivity index (χ0) is 15.0. The summed E-state index contributed by atoms with van der Waals surface area (Å²) in [5.41, 5.74) is 0.926. The number of phenols is 1. The summed E-state index contributed by atoms with van der Waals surface area (Å²) in [6, 6.07) is 4.62. The topological polar surface area (TPSA) is 59.3 Å². The fourth-order valence-corrected chi connectivity index (χ4v) is 3.02. The second-order valence-electron chi connectivity index (χ2n) is 5.77. The summed E-state index contributed by atoms with van der Waals surface area (Å²) in [7, 11) is 2.20. The number of quaternary nitrogens is 2. The number of nitrogens with one attached hydrogen (secondary N) is 2. The normalized spacial score (nSPS) is 20.6. The molecular formula is C15H19Cl3N2O3. The molecular weight excluding hydrogens is 363 g/mol. The third kappa shape index (κ3) is 4.52. The zero-order valence-electron chi connectivity index (χ0n) is 12.7. The molecule has 3 rings (SSSR count). The van der Waals surface area contributed by atoms with Gasteiger partial charge < -0.3 is 44.1 Å². The number of hydrogen-bond donors (Lipinski definition) is 3. The van der Waals surface area contributed by atoms with Crippen molar-refractivity contribution in [2.24, 2.45) is 0 Å². The van der Waals surface area contributed by atoms with Crippen LogP contribution in [0.5, 0.6) is 5.75 Å². The summed E-state index contributed by atoms with van der Waals surface area (Å²) >= 11 is 5.98. The van der Waals surface area contributed by atoms with Crippen LogP contribution in [0.15, 0.2) is 27.4 Å². The number of rotatable bonds is 2. The van der Waals surface area contributed by atoms with Gasteiger partial charge >= 0.3 is 5.63 Å². The molecule has 2 heterocycles. The first-order chi connectivity index (χ1) is 10.0. The van der Waals surface area contributed by atoms with E-state index in [2.05, 4.69) is 7.05 Å². The van der Waals surface area contributed by atoms with Crippen LogP contribution in [0.25, 0.3) is 11.0 Å². The average Bonchev–Trinajstić information content (AvgIpc) is 2.43. The molecule has 1 saturated heterocycles. The van der Waals surface area contributed by atoms with E-state index in [1.165, 1.54) is 17.0 Å². The van der Waals surface area contributed by atoms with Gasteiger partial charge in [0.15, 0.2) is 0 Å². The molecule has 5 nitrogen and oxygen atoms in total. The van der Waals surface area contributed by atoms with Gasteiger partial charge in [0.05, 0.1) is 12.1 Å². The lowest BCUT2D eigenvalue weighted by atomic mass is 10.1. The first kappa shape index (κ1) is 20.1. The third-order valence-corrected chi connectivity index (χ3v) is 4.45. The predicted octanol–water partition coefficient (Wildman–Crippen LogP) is -6.93. The fourth-order valence-electron chi connectivity index (χ4n) is 2.86. The molecule has 1 aromatic carbocycles. The summed E-state index contributed by atoms with van der Waals surface area (Å²) < 4.78 is 5.16. The third-order valence-electron chi connectivity index (χ3n) is 4.15. The average molecular weight is 382 g/mol. The lowest BCUT2D eigenvalue weighted by Gasteiger charge is -2.27. The number of aromatic hydroxyl groups is 1. The van der Waals surface area contributed by atoms with Crippen molar-refractivity contribution in [2.75, 3.05) is 33.2 Å². The fraction of sp³-hybridized carbons (Fsp3) is 0.400. The maximum Gasteiger partial charge on any atom is 0.336 e. The van der Waals surface area contributed by atoms with Crippen LogP contribution in [0.1, 0.15) is 5.56 Å².